The van der Waals surface area contributed by atoms with Gasteiger partial charge in [0.2, 0.25) is 11.8 Å². The van der Waals surface area contributed by atoms with Crippen molar-refractivity contribution < 1.29 is 14.0 Å². The Morgan fingerprint density at radius 2 is 1.79 bits per heavy atom. The van der Waals surface area contributed by atoms with Crippen LogP contribution < -0.4 is 10.6 Å². The zero-order valence-corrected chi connectivity index (χ0v) is 13.9. The number of nitrogens with one attached hydrogen (secondary N) is 2. The van der Waals surface area contributed by atoms with E-state index in [9.17, 15) is 14.0 Å². The van der Waals surface area contributed by atoms with Crippen LogP contribution in [0.25, 0.3) is 0 Å². The topological polar surface area (TPSA) is 58.2 Å². The van der Waals surface area contributed by atoms with Gasteiger partial charge in [0, 0.05) is 11.4 Å². The molecule has 4 nitrogen and oxygen atoms in total. The van der Waals surface area contributed by atoms with E-state index in [-0.39, 0.29) is 18.0 Å². The van der Waals surface area contributed by atoms with Crippen LogP contribution in [0.5, 0.6) is 0 Å². The molecule has 2 N–H and O–H groups in total. The summed E-state index contributed by atoms with van der Waals surface area (Å²) in [5.41, 5.74) is 0.956. The van der Waals surface area contributed by atoms with E-state index in [2.05, 4.69) is 10.6 Å². The number of anilines is 1. The van der Waals surface area contributed by atoms with Crippen LogP contribution in [0.15, 0.2) is 48.5 Å². The van der Waals surface area contributed by atoms with Crippen LogP contribution in [-0.4, -0.2) is 17.9 Å². The fourth-order valence-corrected chi connectivity index (χ4v) is 2.36. The van der Waals surface area contributed by atoms with Gasteiger partial charge in [-0.2, -0.15) is 0 Å². The van der Waals surface area contributed by atoms with Gasteiger partial charge in [-0.05, 0) is 37.1 Å². The molecule has 2 aromatic carbocycles. The van der Waals surface area contributed by atoms with Gasteiger partial charge in [-0.15, -0.1) is 0 Å². The van der Waals surface area contributed by atoms with Gasteiger partial charge in [0.15, 0.2) is 0 Å². The van der Waals surface area contributed by atoms with Crippen LogP contribution in [0.1, 0.15) is 18.9 Å². The highest BCUT2D eigenvalue weighted by atomic mass is 35.5. The first-order chi connectivity index (χ1) is 11.5. The smallest absolute Gasteiger partial charge is 0.246 e. The molecule has 2 rings (SSSR count). The second kappa shape index (κ2) is 8.45. The number of hydrogen-bond acceptors (Lipinski definition) is 2. The molecule has 0 radical (unpaired) electrons. The van der Waals surface area contributed by atoms with Crippen molar-refractivity contribution >= 4 is 29.1 Å². The summed E-state index contributed by atoms with van der Waals surface area (Å²) in [6.45, 7) is 1.55. The maximum Gasteiger partial charge on any atom is 0.246 e. The molecule has 2 amide bonds. The molecule has 6 heteroatoms. The van der Waals surface area contributed by atoms with Crippen LogP contribution in [0.2, 0.25) is 5.02 Å². The minimum Gasteiger partial charge on any atom is -0.345 e. The highest BCUT2D eigenvalue weighted by Gasteiger charge is 2.17. The van der Waals surface area contributed by atoms with Crippen molar-refractivity contribution in [3.8, 4) is 0 Å². The van der Waals surface area contributed by atoms with Gasteiger partial charge in [0.25, 0.3) is 0 Å². The first kappa shape index (κ1) is 17.9. The lowest BCUT2D eigenvalue weighted by atomic mass is 10.1. The zero-order valence-electron chi connectivity index (χ0n) is 13.2. The predicted molar refractivity (Wildman–Crippen MR) is 92.4 cm³/mol. The summed E-state index contributed by atoms with van der Waals surface area (Å²) in [7, 11) is 0. The number of carbonyl (C=O) groups is 2. The summed E-state index contributed by atoms with van der Waals surface area (Å²) >= 11 is 6.04. The molecule has 0 saturated carbocycles. The molecule has 0 saturated heterocycles. The molecule has 0 aliphatic heterocycles. The molecule has 0 fully saturated rings. The van der Waals surface area contributed by atoms with Crippen LogP contribution in [-0.2, 0) is 16.0 Å². The molecule has 0 heterocycles. The van der Waals surface area contributed by atoms with E-state index in [1.54, 1.807) is 19.1 Å². The number of para-hydroxylation sites is 1. The van der Waals surface area contributed by atoms with Crippen LogP contribution >= 0.6 is 11.6 Å². The molecular formula is C18H18ClFN2O2. The summed E-state index contributed by atoms with van der Waals surface area (Å²) in [5.74, 6) is -1.28. The molecule has 0 aliphatic rings. The third kappa shape index (κ3) is 5.06. The molecule has 1 atom stereocenters. The van der Waals surface area contributed by atoms with Gasteiger partial charge in [0.1, 0.15) is 11.9 Å². The summed E-state index contributed by atoms with van der Waals surface area (Å²) in [4.78, 5) is 24.0. The quantitative estimate of drug-likeness (QED) is 0.838. The Kier molecular flexibility index (Phi) is 6.32. The number of amides is 2. The zero-order chi connectivity index (χ0) is 17.5. The van der Waals surface area contributed by atoms with E-state index in [4.69, 9.17) is 11.6 Å². The summed E-state index contributed by atoms with van der Waals surface area (Å²) in [5, 5.41) is 5.65. The van der Waals surface area contributed by atoms with Crippen molar-refractivity contribution in [2.45, 2.75) is 25.8 Å². The van der Waals surface area contributed by atoms with Crippen LogP contribution in [0.4, 0.5) is 10.1 Å². The van der Waals surface area contributed by atoms with E-state index < -0.39 is 17.8 Å². The van der Waals surface area contributed by atoms with Gasteiger partial charge >= 0.3 is 0 Å². The molecule has 0 aliphatic carbocycles. The van der Waals surface area contributed by atoms with Crippen molar-refractivity contribution in [3.63, 3.8) is 0 Å². The first-order valence-corrected chi connectivity index (χ1v) is 7.93. The lowest BCUT2D eigenvalue weighted by Crippen LogP contribution is -2.41. The number of carbonyl (C=O) groups excluding carboxylic acids is 2. The lowest BCUT2D eigenvalue weighted by Gasteiger charge is -2.14. The Balaban J connectivity index is 1.84. The highest BCUT2D eigenvalue weighted by Crippen LogP contribution is 2.16. The van der Waals surface area contributed by atoms with Gasteiger partial charge in [-0.1, -0.05) is 41.9 Å². The standard InChI is InChI=1S/C18H18ClFN2O2/c1-12(18(24)22-16-9-5-4-8-15(16)20)21-17(23)11-10-13-6-2-3-7-14(13)19/h2-9,12H,10-11H2,1H3,(H,21,23)(H,22,24). The van der Waals surface area contributed by atoms with Crippen molar-refractivity contribution in [2.75, 3.05) is 5.32 Å². The average Bonchev–Trinajstić information content (AvgIpc) is 2.56. The van der Waals surface area contributed by atoms with E-state index in [0.717, 1.165) is 5.56 Å². The molecule has 0 aromatic heterocycles. The number of aryl methyl sites for hydroxylation is 1. The van der Waals surface area contributed by atoms with Gasteiger partial charge in [0.05, 0.1) is 5.69 Å². The van der Waals surface area contributed by atoms with Crippen molar-refractivity contribution in [3.05, 3.63) is 64.9 Å². The minimum atomic E-state index is -0.775. The molecule has 1 unspecified atom stereocenters. The van der Waals surface area contributed by atoms with E-state index >= 15 is 0 Å². The Morgan fingerprint density at radius 3 is 2.50 bits per heavy atom. The second-order valence-electron chi connectivity index (χ2n) is 5.35. The Bertz CT molecular complexity index is 736. The number of benzene rings is 2. The van der Waals surface area contributed by atoms with E-state index in [1.165, 1.54) is 18.2 Å². The molecule has 126 valence electrons. The summed E-state index contributed by atoms with van der Waals surface area (Å²) in [6.07, 6.45) is 0.689. The largest absolute Gasteiger partial charge is 0.345 e. The fraction of sp³-hybridized carbons (Fsp3) is 0.222. The third-order valence-electron chi connectivity index (χ3n) is 3.48. The Hall–Kier alpha value is -2.40. The Labute approximate surface area is 145 Å². The van der Waals surface area contributed by atoms with E-state index in [0.29, 0.717) is 11.4 Å². The van der Waals surface area contributed by atoms with Crippen LogP contribution in [0.3, 0.4) is 0 Å². The van der Waals surface area contributed by atoms with Gasteiger partial charge in [-0.3, -0.25) is 9.59 Å². The number of hydrogen-bond donors (Lipinski definition) is 2. The predicted octanol–water partition coefficient (Wildman–Crippen LogP) is 3.56. The summed E-state index contributed by atoms with van der Waals surface area (Å²) in [6, 6.07) is 12.4. The number of rotatable bonds is 6. The van der Waals surface area contributed by atoms with Crippen molar-refractivity contribution in [1.29, 1.82) is 0 Å². The van der Waals surface area contributed by atoms with Crippen LogP contribution in [0, 0.1) is 5.82 Å². The maximum absolute atomic E-state index is 13.5. The first-order valence-electron chi connectivity index (χ1n) is 7.55. The monoisotopic (exact) mass is 348 g/mol. The molecular weight excluding hydrogens is 331 g/mol. The third-order valence-corrected chi connectivity index (χ3v) is 3.85. The van der Waals surface area contributed by atoms with Gasteiger partial charge in [-0.25, -0.2) is 4.39 Å². The maximum atomic E-state index is 13.5. The van der Waals surface area contributed by atoms with Crippen molar-refractivity contribution in [2.24, 2.45) is 0 Å². The molecule has 2 aromatic rings. The Morgan fingerprint density at radius 1 is 1.12 bits per heavy atom. The SMILES string of the molecule is CC(NC(=O)CCc1ccccc1Cl)C(=O)Nc1ccccc1F. The second-order valence-corrected chi connectivity index (χ2v) is 5.76. The molecule has 0 bridgehead atoms. The van der Waals surface area contributed by atoms with Gasteiger partial charge < -0.3 is 10.6 Å². The molecule has 0 spiro atoms. The lowest BCUT2D eigenvalue weighted by molar-refractivity contribution is -0.126. The van der Waals surface area contributed by atoms with E-state index in [1.807, 2.05) is 18.2 Å². The normalized spacial score (nSPS) is 11.6. The summed E-state index contributed by atoms with van der Waals surface area (Å²) < 4.78 is 13.5. The number of halogens is 2. The molecule has 24 heavy (non-hydrogen) atoms. The minimum absolute atomic E-state index is 0.0830. The van der Waals surface area contributed by atoms with Crippen molar-refractivity contribution in [1.82, 2.24) is 5.32 Å². The highest BCUT2D eigenvalue weighted by molar-refractivity contribution is 6.31. The average molecular weight is 349 g/mol. The fourth-order valence-electron chi connectivity index (χ4n) is 2.13.